The van der Waals surface area contributed by atoms with Crippen LogP contribution in [0.5, 0.6) is 0 Å². The molecule has 1 fully saturated rings. The lowest BCUT2D eigenvalue weighted by Crippen LogP contribution is -2.29. The van der Waals surface area contributed by atoms with Gasteiger partial charge in [0.25, 0.3) is 5.91 Å². The number of halogens is 3. The molecule has 3 rings (SSSR count). The van der Waals surface area contributed by atoms with Crippen molar-refractivity contribution in [1.82, 2.24) is 4.90 Å². The van der Waals surface area contributed by atoms with Crippen molar-refractivity contribution in [3.8, 4) is 0 Å². The first-order valence-corrected chi connectivity index (χ1v) is 11.6. The van der Waals surface area contributed by atoms with Gasteiger partial charge in [0, 0.05) is 18.7 Å². The summed E-state index contributed by atoms with van der Waals surface area (Å²) in [4.78, 5) is 26.9. The number of aryl methyl sites for hydroxylation is 1. The van der Waals surface area contributed by atoms with Gasteiger partial charge in [-0.25, -0.2) is 0 Å². The molecule has 1 heterocycles. The number of anilines is 1. The summed E-state index contributed by atoms with van der Waals surface area (Å²) in [6, 6.07) is 12.4. The molecule has 1 aliphatic heterocycles. The summed E-state index contributed by atoms with van der Waals surface area (Å²) in [5.41, 5.74) is 1.39. The molecule has 33 heavy (non-hydrogen) atoms. The molecule has 4 nitrogen and oxygen atoms in total. The molecule has 174 valence electrons. The number of unbranched alkanes of at least 4 members (excludes halogenated alkanes) is 2. The van der Waals surface area contributed by atoms with Gasteiger partial charge in [-0.15, -0.1) is 0 Å². The quantitative estimate of drug-likeness (QED) is 0.263. The fourth-order valence-electron chi connectivity index (χ4n) is 3.24. The van der Waals surface area contributed by atoms with Crippen molar-refractivity contribution in [3.63, 3.8) is 0 Å². The fraction of sp³-hybridized carbons (Fsp3) is 0.292. The molecule has 0 radical (unpaired) electrons. The van der Waals surface area contributed by atoms with E-state index in [1.807, 2.05) is 37.3 Å². The molecule has 0 aliphatic carbocycles. The molecule has 1 N–H and O–H groups in total. The highest BCUT2D eigenvalue weighted by atomic mass is 32.2. The number of benzene rings is 2. The average Bonchev–Trinajstić information content (AvgIpc) is 3.02. The van der Waals surface area contributed by atoms with Crippen LogP contribution in [-0.2, 0) is 15.8 Å². The molecule has 2 amide bonds. The molecule has 0 bridgehead atoms. The SMILES string of the molecule is Cc1ccc(/C=C2\SC(=S)N(CCCCCC(=O)Nc3cccc(C(F)(F)F)c3)C2=O)cc1. The van der Waals surface area contributed by atoms with Crippen LogP contribution in [0.1, 0.15) is 42.4 Å². The summed E-state index contributed by atoms with van der Waals surface area (Å²) in [6.45, 7) is 2.46. The monoisotopic (exact) mass is 492 g/mol. The van der Waals surface area contributed by atoms with Gasteiger partial charge in [-0.1, -0.05) is 66.3 Å². The number of hydrogen-bond acceptors (Lipinski definition) is 4. The van der Waals surface area contributed by atoms with E-state index in [-0.39, 0.29) is 23.9 Å². The van der Waals surface area contributed by atoms with Crippen molar-refractivity contribution in [1.29, 1.82) is 0 Å². The highest BCUT2D eigenvalue weighted by Crippen LogP contribution is 2.33. The van der Waals surface area contributed by atoms with Gasteiger partial charge in [-0.2, -0.15) is 13.2 Å². The van der Waals surface area contributed by atoms with Crippen LogP contribution >= 0.6 is 24.0 Å². The molecule has 9 heteroatoms. The molecule has 1 aliphatic rings. The number of carbonyl (C=O) groups is 2. The Morgan fingerprint density at radius 2 is 1.85 bits per heavy atom. The standard InChI is InChI=1S/C24H23F3N2O2S2/c1-16-9-11-17(12-10-16)14-20-22(31)29(23(32)33-20)13-4-2-3-8-21(30)28-19-7-5-6-18(15-19)24(25,26)27/h5-7,9-12,14-15H,2-4,8,13H2,1H3,(H,28,30)/b20-14-. The van der Waals surface area contributed by atoms with Gasteiger partial charge in [0.15, 0.2) is 0 Å². The Hall–Kier alpha value is -2.65. The van der Waals surface area contributed by atoms with Crippen molar-refractivity contribution in [2.45, 2.75) is 38.8 Å². The normalized spacial score (nSPS) is 15.4. The van der Waals surface area contributed by atoms with Gasteiger partial charge < -0.3 is 5.32 Å². The minimum atomic E-state index is -4.46. The Bertz CT molecular complexity index is 1070. The van der Waals surface area contributed by atoms with E-state index in [2.05, 4.69) is 5.32 Å². The number of amides is 2. The zero-order chi connectivity index (χ0) is 24.0. The largest absolute Gasteiger partial charge is 0.416 e. The molecule has 0 atom stereocenters. The van der Waals surface area contributed by atoms with Crippen molar-refractivity contribution in [2.75, 3.05) is 11.9 Å². The lowest BCUT2D eigenvalue weighted by Gasteiger charge is -2.14. The fourth-order valence-corrected chi connectivity index (χ4v) is 4.54. The maximum absolute atomic E-state index is 12.8. The number of thioether (sulfide) groups is 1. The van der Waals surface area contributed by atoms with E-state index < -0.39 is 11.7 Å². The number of nitrogens with zero attached hydrogens (tertiary/aromatic N) is 1. The van der Waals surface area contributed by atoms with E-state index in [9.17, 15) is 22.8 Å². The van der Waals surface area contributed by atoms with Gasteiger partial charge in [0.05, 0.1) is 10.5 Å². The third-order valence-electron chi connectivity index (χ3n) is 5.01. The van der Waals surface area contributed by atoms with Gasteiger partial charge in [-0.05, 0) is 49.6 Å². The third kappa shape index (κ3) is 7.17. The average molecular weight is 493 g/mol. The second-order valence-corrected chi connectivity index (χ2v) is 9.36. The highest BCUT2D eigenvalue weighted by Gasteiger charge is 2.32. The van der Waals surface area contributed by atoms with E-state index in [1.165, 1.54) is 23.9 Å². The van der Waals surface area contributed by atoms with Crippen molar-refractivity contribution < 1.29 is 22.8 Å². The molecule has 1 saturated heterocycles. The minimum absolute atomic E-state index is 0.118. The van der Waals surface area contributed by atoms with Gasteiger partial charge in [0.1, 0.15) is 4.32 Å². The van der Waals surface area contributed by atoms with Gasteiger partial charge in [-0.3, -0.25) is 14.5 Å². The number of nitrogens with one attached hydrogen (secondary N) is 1. The summed E-state index contributed by atoms with van der Waals surface area (Å²) in [6.07, 6.45) is -0.537. The predicted molar refractivity (Wildman–Crippen MR) is 130 cm³/mol. The van der Waals surface area contributed by atoms with Crippen LogP contribution in [0.15, 0.2) is 53.4 Å². The number of alkyl halides is 3. The summed E-state index contributed by atoms with van der Waals surface area (Å²) < 4.78 is 38.8. The smallest absolute Gasteiger partial charge is 0.326 e. The van der Waals surface area contributed by atoms with E-state index in [1.54, 1.807) is 4.90 Å². The van der Waals surface area contributed by atoms with Gasteiger partial charge >= 0.3 is 6.18 Å². The van der Waals surface area contributed by atoms with Crippen LogP contribution in [0.2, 0.25) is 0 Å². The van der Waals surface area contributed by atoms with Crippen molar-refractivity contribution in [2.24, 2.45) is 0 Å². The van der Waals surface area contributed by atoms with E-state index in [0.29, 0.717) is 35.0 Å². The summed E-state index contributed by atoms with van der Waals surface area (Å²) in [5, 5.41) is 2.50. The van der Waals surface area contributed by atoms with Crippen molar-refractivity contribution in [3.05, 3.63) is 70.1 Å². The Morgan fingerprint density at radius 1 is 1.12 bits per heavy atom. The summed E-state index contributed by atoms with van der Waals surface area (Å²) >= 11 is 6.62. The Balaban J connectivity index is 1.42. The molecular weight excluding hydrogens is 469 g/mol. The van der Waals surface area contributed by atoms with Crippen LogP contribution in [-0.4, -0.2) is 27.6 Å². The molecular formula is C24H23F3N2O2S2. The van der Waals surface area contributed by atoms with Crippen LogP contribution in [0.25, 0.3) is 6.08 Å². The minimum Gasteiger partial charge on any atom is -0.326 e. The second kappa shape index (κ2) is 11.0. The second-order valence-electron chi connectivity index (χ2n) is 7.68. The first kappa shape index (κ1) is 25.0. The zero-order valence-electron chi connectivity index (χ0n) is 17.9. The number of rotatable bonds is 8. The zero-order valence-corrected chi connectivity index (χ0v) is 19.6. The van der Waals surface area contributed by atoms with Crippen LogP contribution < -0.4 is 5.32 Å². The Kier molecular flexibility index (Phi) is 8.31. The van der Waals surface area contributed by atoms with Crippen LogP contribution in [0.4, 0.5) is 18.9 Å². The Labute approximate surface area is 200 Å². The maximum atomic E-state index is 12.8. The molecule has 0 aromatic heterocycles. The molecule has 2 aromatic rings. The van der Waals surface area contributed by atoms with Gasteiger partial charge in [0.2, 0.25) is 5.91 Å². The number of carbonyl (C=O) groups excluding carboxylic acids is 2. The molecule has 0 spiro atoms. The molecule has 2 aromatic carbocycles. The topological polar surface area (TPSA) is 49.4 Å². The van der Waals surface area contributed by atoms with Crippen molar-refractivity contribution >= 4 is 51.9 Å². The molecule has 0 unspecified atom stereocenters. The van der Waals surface area contributed by atoms with E-state index in [0.717, 1.165) is 23.3 Å². The van der Waals surface area contributed by atoms with Crippen LogP contribution in [0, 0.1) is 6.92 Å². The van der Waals surface area contributed by atoms with Crippen LogP contribution in [0.3, 0.4) is 0 Å². The summed E-state index contributed by atoms with van der Waals surface area (Å²) in [7, 11) is 0. The lowest BCUT2D eigenvalue weighted by atomic mass is 10.1. The van der Waals surface area contributed by atoms with E-state index in [4.69, 9.17) is 12.2 Å². The third-order valence-corrected chi connectivity index (χ3v) is 6.39. The highest BCUT2D eigenvalue weighted by molar-refractivity contribution is 8.26. The molecule has 0 saturated carbocycles. The Morgan fingerprint density at radius 3 is 2.55 bits per heavy atom. The summed E-state index contributed by atoms with van der Waals surface area (Å²) in [5.74, 6) is -0.464. The lowest BCUT2D eigenvalue weighted by molar-refractivity contribution is -0.137. The first-order chi connectivity index (χ1) is 15.6. The number of hydrogen-bond donors (Lipinski definition) is 1. The van der Waals surface area contributed by atoms with E-state index >= 15 is 0 Å². The maximum Gasteiger partial charge on any atom is 0.416 e. The predicted octanol–water partition coefficient (Wildman–Crippen LogP) is 6.41. The number of thiocarbonyl (C=S) groups is 1. The first-order valence-electron chi connectivity index (χ1n) is 10.4.